The van der Waals surface area contributed by atoms with Crippen LogP contribution in [0.4, 0.5) is 0 Å². The molecule has 5 aliphatic rings. The van der Waals surface area contributed by atoms with E-state index in [1.807, 2.05) is 0 Å². The summed E-state index contributed by atoms with van der Waals surface area (Å²) in [6, 6.07) is 2.30. The van der Waals surface area contributed by atoms with Gasteiger partial charge in [-0.1, -0.05) is 77.0 Å². The van der Waals surface area contributed by atoms with Crippen LogP contribution in [0.15, 0.2) is 9.98 Å². The Bertz CT molecular complexity index is 628. The number of guanidine groups is 2. The van der Waals surface area contributed by atoms with Crippen molar-refractivity contribution >= 4 is 11.9 Å². The maximum Gasteiger partial charge on any atom is 0.194 e. The van der Waals surface area contributed by atoms with E-state index in [1.165, 1.54) is 140 Å². The second-order valence-electron chi connectivity index (χ2n) is 12.4. The van der Waals surface area contributed by atoms with Gasteiger partial charge in [-0.15, -0.1) is 0 Å². The minimum Gasteiger partial charge on any atom is -0.353 e. The van der Waals surface area contributed by atoms with Crippen LogP contribution in [0.5, 0.6) is 0 Å². The molecule has 1 saturated heterocycles. The normalized spacial score (nSPS) is 27.3. The second kappa shape index (κ2) is 13.9. The lowest BCUT2D eigenvalue weighted by Gasteiger charge is -2.41. The highest BCUT2D eigenvalue weighted by Crippen LogP contribution is 2.24. The summed E-state index contributed by atoms with van der Waals surface area (Å²) >= 11 is 0. The van der Waals surface area contributed by atoms with Gasteiger partial charge in [0.05, 0.1) is 12.1 Å². The molecule has 6 nitrogen and oxygen atoms in total. The summed E-state index contributed by atoms with van der Waals surface area (Å²) in [4.78, 5) is 15.9. The third-order valence-corrected chi connectivity index (χ3v) is 9.51. The van der Waals surface area contributed by atoms with Gasteiger partial charge in [0.1, 0.15) is 0 Å². The number of hydrogen-bond donors (Lipinski definition) is 2. The van der Waals surface area contributed by atoms with Gasteiger partial charge in [-0.05, 0) is 51.4 Å². The standard InChI is InChI=1S/C30H54N6/c1-5-13-25(14-6-1)31-29(32-26-15-7-2-8-16-26)35-21-23-36(24-22-35)30(33-27-17-9-3-10-18-27)34-28-19-11-4-12-20-28/h25-28H,1-24H2,(H,31,32)(H,33,34). The van der Waals surface area contributed by atoms with E-state index in [0.29, 0.717) is 24.2 Å². The zero-order valence-corrected chi connectivity index (χ0v) is 23.1. The van der Waals surface area contributed by atoms with E-state index in [4.69, 9.17) is 9.98 Å². The maximum absolute atomic E-state index is 5.38. The Kier molecular flexibility index (Phi) is 10.1. The predicted octanol–water partition coefficient (Wildman–Crippen LogP) is 5.83. The molecule has 5 rings (SSSR count). The highest BCUT2D eigenvalue weighted by Gasteiger charge is 2.28. The van der Waals surface area contributed by atoms with E-state index in [0.717, 1.165) is 26.2 Å². The topological polar surface area (TPSA) is 55.3 Å². The third kappa shape index (κ3) is 7.77. The van der Waals surface area contributed by atoms with Crippen LogP contribution < -0.4 is 10.6 Å². The Morgan fingerprint density at radius 1 is 0.417 bits per heavy atom. The van der Waals surface area contributed by atoms with Gasteiger partial charge in [-0.2, -0.15) is 0 Å². The first kappa shape index (κ1) is 26.2. The molecular formula is C30H54N6. The van der Waals surface area contributed by atoms with Crippen molar-refractivity contribution in [2.45, 2.75) is 153 Å². The summed E-state index contributed by atoms with van der Waals surface area (Å²) in [5, 5.41) is 7.92. The lowest BCUT2D eigenvalue weighted by Crippen LogP contribution is -2.58. The van der Waals surface area contributed by atoms with Crippen LogP contribution >= 0.6 is 0 Å². The monoisotopic (exact) mass is 498 g/mol. The molecule has 1 aliphatic heterocycles. The molecule has 0 unspecified atom stereocenters. The van der Waals surface area contributed by atoms with Gasteiger partial charge < -0.3 is 20.4 Å². The van der Waals surface area contributed by atoms with Gasteiger partial charge in [0.25, 0.3) is 0 Å². The zero-order chi connectivity index (χ0) is 24.4. The second-order valence-corrected chi connectivity index (χ2v) is 12.4. The zero-order valence-electron chi connectivity index (χ0n) is 23.1. The Morgan fingerprint density at radius 3 is 1.06 bits per heavy atom. The molecule has 0 spiro atoms. The molecule has 204 valence electrons. The number of hydrogen-bond acceptors (Lipinski definition) is 2. The van der Waals surface area contributed by atoms with Crippen LogP contribution in [-0.2, 0) is 0 Å². The highest BCUT2D eigenvalue weighted by molar-refractivity contribution is 5.83. The molecule has 0 radical (unpaired) electrons. The number of rotatable bonds is 4. The van der Waals surface area contributed by atoms with E-state index in [9.17, 15) is 0 Å². The fourth-order valence-electron chi connectivity index (χ4n) is 7.18. The smallest absolute Gasteiger partial charge is 0.194 e. The van der Waals surface area contributed by atoms with Crippen molar-refractivity contribution in [2.75, 3.05) is 26.2 Å². The summed E-state index contributed by atoms with van der Waals surface area (Å²) in [5.74, 6) is 2.44. The molecule has 0 aromatic heterocycles. The van der Waals surface area contributed by atoms with Crippen molar-refractivity contribution < 1.29 is 0 Å². The van der Waals surface area contributed by atoms with E-state index < -0.39 is 0 Å². The quantitative estimate of drug-likeness (QED) is 0.378. The minimum absolute atomic E-state index is 0.527. The average molecular weight is 499 g/mol. The summed E-state index contributed by atoms with van der Waals surface area (Å²) < 4.78 is 0. The molecule has 0 aromatic rings. The fraction of sp³-hybridized carbons (Fsp3) is 0.933. The number of nitrogens with zero attached hydrogens (tertiary/aromatic N) is 4. The van der Waals surface area contributed by atoms with E-state index in [1.54, 1.807) is 0 Å². The molecule has 0 bridgehead atoms. The third-order valence-electron chi connectivity index (χ3n) is 9.51. The van der Waals surface area contributed by atoms with E-state index >= 15 is 0 Å². The van der Waals surface area contributed by atoms with Crippen LogP contribution in [0.25, 0.3) is 0 Å². The van der Waals surface area contributed by atoms with Crippen molar-refractivity contribution in [1.29, 1.82) is 0 Å². The van der Waals surface area contributed by atoms with E-state index in [-0.39, 0.29) is 0 Å². The highest BCUT2D eigenvalue weighted by atomic mass is 15.4. The minimum atomic E-state index is 0.527. The average Bonchev–Trinajstić information content (AvgIpc) is 2.95. The Labute approximate surface area is 221 Å². The largest absolute Gasteiger partial charge is 0.353 e. The Morgan fingerprint density at radius 2 is 0.722 bits per heavy atom. The van der Waals surface area contributed by atoms with Gasteiger partial charge >= 0.3 is 0 Å². The van der Waals surface area contributed by atoms with Crippen LogP contribution in [0.3, 0.4) is 0 Å². The lowest BCUT2D eigenvalue weighted by molar-refractivity contribution is 0.237. The van der Waals surface area contributed by atoms with Crippen molar-refractivity contribution in [2.24, 2.45) is 9.98 Å². The molecule has 0 atom stereocenters. The van der Waals surface area contributed by atoms with Gasteiger partial charge in [-0.25, -0.2) is 9.98 Å². The molecule has 0 aromatic carbocycles. The Hall–Kier alpha value is -1.46. The molecule has 6 heteroatoms. The fourth-order valence-corrected chi connectivity index (χ4v) is 7.18. The van der Waals surface area contributed by atoms with Crippen LogP contribution in [0.2, 0.25) is 0 Å². The molecule has 0 amide bonds. The molecule has 5 fully saturated rings. The summed E-state index contributed by atoms with van der Waals surface area (Å²) in [7, 11) is 0. The summed E-state index contributed by atoms with van der Waals surface area (Å²) in [6.07, 6.45) is 26.9. The van der Waals surface area contributed by atoms with Gasteiger partial charge in [0, 0.05) is 38.3 Å². The predicted molar refractivity (Wildman–Crippen MR) is 152 cm³/mol. The van der Waals surface area contributed by atoms with Crippen LogP contribution in [0, 0.1) is 0 Å². The van der Waals surface area contributed by atoms with Crippen molar-refractivity contribution in [3.05, 3.63) is 0 Å². The maximum atomic E-state index is 5.38. The van der Waals surface area contributed by atoms with Gasteiger partial charge in [0.2, 0.25) is 0 Å². The number of aliphatic imine (C=N–C) groups is 2. The van der Waals surface area contributed by atoms with Gasteiger partial charge in [-0.3, -0.25) is 0 Å². The van der Waals surface area contributed by atoms with Crippen LogP contribution in [-0.4, -0.2) is 72.1 Å². The van der Waals surface area contributed by atoms with E-state index in [2.05, 4.69) is 20.4 Å². The molecular weight excluding hydrogens is 444 g/mol. The first-order valence-electron chi connectivity index (χ1n) is 16.0. The Balaban J connectivity index is 1.24. The molecule has 4 saturated carbocycles. The first-order valence-corrected chi connectivity index (χ1v) is 16.0. The van der Waals surface area contributed by atoms with Crippen molar-refractivity contribution in [3.63, 3.8) is 0 Å². The molecule has 4 aliphatic carbocycles. The lowest BCUT2D eigenvalue weighted by atomic mass is 9.95. The summed E-state index contributed by atoms with van der Waals surface area (Å²) in [5.41, 5.74) is 0. The van der Waals surface area contributed by atoms with Crippen molar-refractivity contribution in [3.8, 4) is 0 Å². The van der Waals surface area contributed by atoms with Crippen LogP contribution in [0.1, 0.15) is 128 Å². The van der Waals surface area contributed by atoms with Crippen molar-refractivity contribution in [1.82, 2.24) is 20.4 Å². The molecule has 36 heavy (non-hydrogen) atoms. The SMILES string of the molecule is C1CCC(N=C(NC2CCCCC2)N2CCN(C(=NC3CCCCC3)NC3CCCCC3)CC2)CC1. The van der Waals surface area contributed by atoms with Gasteiger partial charge in [0.15, 0.2) is 11.9 Å². The molecule has 1 heterocycles. The summed E-state index contributed by atoms with van der Waals surface area (Å²) in [6.45, 7) is 4.23. The number of nitrogens with one attached hydrogen (secondary N) is 2. The molecule has 2 N–H and O–H groups in total. The first-order chi connectivity index (χ1) is 17.8. The number of piperazine rings is 1.